The van der Waals surface area contributed by atoms with Crippen LogP contribution in [-0.4, -0.2) is 22.0 Å². The molecule has 8 heteroatoms. The highest BCUT2D eigenvalue weighted by Gasteiger charge is 2.08. The molecule has 142 valence electrons. The Kier molecular flexibility index (Phi) is 5.81. The molecule has 4 amide bonds. The second kappa shape index (κ2) is 8.63. The largest absolute Gasteiger partial charge is 0.324 e. The summed E-state index contributed by atoms with van der Waals surface area (Å²) in [6.07, 6.45) is 3.21. The highest BCUT2D eigenvalue weighted by molar-refractivity contribution is 6.02. The topological polar surface area (TPSA) is 108 Å². The zero-order valence-electron chi connectivity index (χ0n) is 15.5. The third-order valence-corrected chi connectivity index (χ3v) is 3.86. The van der Waals surface area contributed by atoms with Crippen LogP contribution in [0.4, 0.5) is 32.6 Å². The molecule has 0 aliphatic heterocycles. The van der Waals surface area contributed by atoms with Crippen LogP contribution in [0.1, 0.15) is 11.1 Å². The Morgan fingerprint density at radius 1 is 0.679 bits per heavy atom. The standard InChI is InChI=1S/C20H20N6O2/c1-13-6-4-10-21-17(13)25-19(27)23-15-8-3-9-16(12-15)24-20(28)26-18-14(2)7-5-11-22-18/h3-12H,1-2H3,(H2,21,23,25,27)(H2,22,24,26,28). The smallest absolute Gasteiger partial charge is 0.308 e. The summed E-state index contributed by atoms with van der Waals surface area (Å²) in [6, 6.07) is 13.3. The minimum Gasteiger partial charge on any atom is -0.308 e. The fourth-order valence-electron chi connectivity index (χ4n) is 2.45. The minimum atomic E-state index is -0.424. The molecule has 0 fully saturated rings. The number of aromatic nitrogens is 2. The third kappa shape index (κ3) is 5.04. The van der Waals surface area contributed by atoms with Gasteiger partial charge < -0.3 is 10.6 Å². The first-order valence-corrected chi connectivity index (χ1v) is 8.60. The van der Waals surface area contributed by atoms with Crippen LogP contribution in [0.15, 0.2) is 60.9 Å². The Hall–Kier alpha value is -3.94. The number of aryl methyl sites for hydroxylation is 2. The number of nitrogens with zero attached hydrogens (tertiary/aromatic N) is 2. The molecule has 1 aromatic carbocycles. The predicted octanol–water partition coefficient (Wildman–Crippen LogP) is 4.38. The molecule has 0 spiro atoms. The van der Waals surface area contributed by atoms with Gasteiger partial charge in [-0.1, -0.05) is 18.2 Å². The van der Waals surface area contributed by atoms with Gasteiger partial charge in [0.2, 0.25) is 0 Å². The van der Waals surface area contributed by atoms with Crippen molar-refractivity contribution in [2.45, 2.75) is 13.8 Å². The van der Waals surface area contributed by atoms with E-state index in [1.54, 1.807) is 48.8 Å². The lowest BCUT2D eigenvalue weighted by Gasteiger charge is -2.11. The molecule has 0 saturated heterocycles. The van der Waals surface area contributed by atoms with Gasteiger partial charge in [0.15, 0.2) is 0 Å². The number of hydrogen-bond acceptors (Lipinski definition) is 4. The van der Waals surface area contributed by atoms with Crippen molar-refractivity contribution in [2.24, 2.45) is 0 Å². The number of hydrogen-bond donors (Lipinski definition) is 4. The van der Waals surface area contributed by atoms with Gasteiger partial charge in [0.05, 0.1) is 0 Å². The highest BCUT2D eigenvalue weighted by atomic mass is 16.2. The van der Waals surface area contributed by atoms with Crippen molar-refractivity contribution in [1.82, 2.24) is 9.97 Å². The van der Waals surface area contributed by atoms with Crippen LogP contribution in [0.3, 0.4) is 0 Å². The zero-order chi connectivity index (χ0) is 19.9. The molecule has 0 aliphatic rings. The van der Waals surface area contributed by atoms with E-state index in [4.69, 9.17) is 0 Å². The molecule has 0 atom stereocenters. The van der Waals surface area contributed by atoms with Gasteiger partial charge in [-0.2, -0.15) is 0 Å². The lowest BCUT2D eigenvalue weighted by atomic mass is 10.2. The fourth-order valence-corrected chi connectivity index (χ4v) is 2.45. The summed E-state index contributed by atoms with van der Waals surface area (Å²) in [5.41, 5.74) is 2.76. The van der Waals surface area contributed by atoms with E-state index >= 15 is 0 Å². The van der Waals surface area contributed by atoms with Gasteiger partial charge in [0.1, 0.15) is 11.6 Å². The molecule has 0 radical (unpaired) electrons. The first-order valence-electron chi connectivity index (χ1n) is 8.60. The van der Waals surface area contributed by atoms with Crippen LogP contribution in [0, 0.1) is 13.8 Å². The van der Waals surface area contributed by atoms with Gasteiger partial charge in [0.25, 0.3) is 0 Å². The van der Waals surface area contributed by atoms with E-state index in [1.807, 2.05) is 26.0 Å². The molecule has 0 bridgehead atoms. The van der Waals surface area contributed by atoms with Crippen LogP contribution in [0.5, 0.6) is 0 Å². The van der Waals surface area contributed by atoms with Crippen molar-refractivity contribution in [1.29, 1.82) is 0 Å². The van der Waals surface area contributed by atoms with Crippen molar-refractivity contribution >= 4 is 35.1 Å². The Morgan fingerprint density at radius 2 is 1.14 bits per heavy atom. The van der Waals surface area contributed by atoms with Crippen LogP contribution in [0.25, 0.3) is 0 Å². The number of carbonyl (C=O) groups excluding carboxylic acids is 2. The van der Waals surface area contributed by atoms with E-state index in [1.165, 1.54) is 0 Å². The Labute approximate surface area is 162 Å². The van der Waals surface area contributed by atoms with Crippen LogP contribution in [-0.2, 0) is 0 Å². The summed E-state index contributed by atoms with van der Waals surface area (Å²) in [4.78, 5) is 32.6. The first-order chi connectivity index (χ1) is 13.5. The quantitative estimate of drug-likeness (QED) is 0.542. The molecule has 28 heavy (non-hydrogen) atoms. The average Bonchev–Trinajstić information content (AvgIpc) is 2.66. The molecule has 0 unspecified atom stereocenters. The first kappa shape index (κ1) is 18.8. The van der Waals surface area contributed by atoms with Crippen LogP contribution in [0.2, 0.25) is 0 Å². The average molecular weight is 376 g/mol. The van der Waals surface area contributed by atoms with Crippen molar-refractivity contribution in [3.8, 4) is 0 Å². The lowest BCUT2D eigenvalue weighted by Crippen LogP contribution is -2.22. The normalized spacial score (nSPS) is 10.1. The summed E-state index contributed by atoms with van der Waals surface area (Å²) in [5.74, 6) is 0.971. The molecule has 8 nitrogen and oxygen atoms in total. The minimum absolute atomic E-state index is 0.424. The van der Waals surface area contributed by atoms with Crippen LogP contribution >= 0.6 is 0 Å². The lowest BCUT2D eigenvalue weighted by molar-refractivity contribution is 0.261. The van der Waals surface area contributed by atoms with Crippen molar-refractivity contribution in [3.05, 3.63) is 72.1 Å². The Balaban J connectivity index is 1.60. The SMILES string of the molecule is Cc1cccnc1NC(=O)Nc1cccc(NC(=O)Nc2ncccc2C)c1. The second-order valence-electron chi connectivity index (χ2n) is 6.08. The van der Waals surface area contributed by atoms with Gasteiger partial charge in [0, 0.05) is 23.8 Å². The molecule has 2 heterocycles. The van der Waals surface area contributed by atoms with E-state index < -0.39 is 12.1 Å². The van der Waals surface area contributed by atoms with E-state index in [9.17, 15) is 9.59 Å². The third-order valence-electron chi connectivity index (χ3n) is 3.86. The molecule has 3 aromatic rings. The molecule has 4 N–H and O–H groups in total. The van der Waals surface area contributed by atoms with Gasteiger partial charge in [-0.15, -0.1) is 0 Å². The summed E-state index contributed by atoms with van der Waals surface area (Å²) >= 11 is 0. The fraction of sp³-hybridized carbons (Fsp3) is 0.100. The van der Waals surface area contributed by atoms with Crippen molar-refractivity contribution in [3.63, 3.8) is 0 Å². The number of amides is 4. The van der Waals surface area contributed by atoms with Crippen molar-refractivity contribution in [2.75, 3.05) is 21.3 Å². The van der Waals surface area contributed by atoms with E-state index in [0.717, 1.165) is 11.1 Å². The van der Waals surface area contributed by atoms with E-state index in [0.29, 0.717) is 23.0 Å². The number of anilines is 4. The molecular weight excluding hydrogens is 356 g/mol. The summed E-state index contributed by atoms with van der Waals surface area (Å²) < 4.78 is 0. The predicted molar refractivity (Wildman–Crippen MR) is 110 cm³/mol. The number of nitrogens with one attached hydrogen (secondary N) is 4. The number of carbonyl (C=O) groups is 2. The van der Waals surface area contributed by atoms with Crippen LogP contribution < -0.4 is 21.3 Å². The maximum Gasteiger partial charge on any atom is 0.324 e. The summed E-state index contributed by atoms with van der Waals surface area (Å²) in [7, 11) is 0. The summed E-state index contributed by atoms with van der Waals surface area (Å²) in [5, 5.41) is 10.8. The molecule has 0 saturated carbocycles. The van der Waals surface area contributed by atoms with Gasteiger partial charge in [-0.05, 0) is 55.3 Å². The number of urea groups is 2. The van der Waals surface area contributed by atoms with Crippen molar-refractivity contribution < 1.29 is 9.59 Å². The Bertz CT molecular complexity index is 928. The zero-order valence-corrected chi connectivity index (χ0v) is 15.5. The maximum atomic E-state index is 12.2. The number of rotatable bonds is 4. The number of pyridine rings is 2. The van der Waals surface area contributed by atoms with E-state index in [2.05, 4.69) is 31.2 Å². The number of benzene rings is 1. The molecule has 3 rings (SSSR count). The molecule has 2 aromatic heterocycles. The monoisotopic (exact) mass is 376 g/mol. The molecular formula is C20H20N6O2. The van der Waals surface area contributed by atoms with Gasteiger partial charge in [-0.25, -0.2) is 19.6 Å². The van der Waals surface area contributed by atoms with Gasteiger partial charge >= 0.3 is 12.1 Å². The second-order valence-corrected chi connectivity index (χ2v) is 6.08. The highest BCUT2D eigenvalue weighted by Crippen LogP contribution is 2.17. The van der Waals surface area contributed by atoms with E-state index in [-0.39, 0.29) is 0 Å². The molecule has 0 aliphatic carbocycles. The van der Waals surface area contributed by atoms with Gasteiger partial charge in [-0.3, -0.25) is 10.6 Å². The maximum absolute atomic E-state index is 12.2. The Morgan fingerprint density at radius 3 is 1.57 bits per heavy atom. The summed E-state index contributed by atoms with van der Waals surface area (Å²) in [6.45, 7) is 3.71.